The van der Waals surface area contributed by atoms with E-state index >= 15 is 0 Å². The Labute approximate surface area is 133 Å². The van der Waals surface area contributed by atoms with Crippen LogP contribution in [-0.4, -0.2) is 23.0 Å². The van der Waals surface area contributed by atoms with Gasteiger partial charge in [-0.25, -0.2) is 0 Å². The first-order chi connectivity index (χ1) is 10.9. The van der Waals surface area contributed by atoms with Gasteiger partial charge in [0.2, 0.25) is 0 Å². The second-order valence-electron chi connectivity index (χ2n) is 7.06. The minimum Gasteiger partial charge on any atom is -0.298 e. The van der Waals surface area contributed by atoms with Crippen molar-refractivity contribution in [3.05, 3.63) is 66.0 Å². The lowest BCUT2D eigenvalue weighted by Gasteiger charge is -2.30. The molecule has 114 valence electrons. The molecule has 1 spiro atoms. The zero-order valence-corrected chi connectivity index (χ0v) is 13.1. The number of benzene rings is 1. The molecule has 0 unspecified atom stereocenters. The summed E-state index contributed by atoms with van der Waals surface area (Å²) in [6, 6.07) is 15.4. The Kier molecular flexibility index (Phi) is 3.71. The SMILES string of the molecule is c1ccc([C@H]2CN(Cc3cccnc3)CC23CCCC3)cc1. The Morgan fingerprint density at radius 1 is 1.05 bits per heavy atom. The van der Waals surface area contributed by atoms with E-state index in [9.17, 15) is 0 Å². The second kappa shape index (κ2) is 5.85. The molecule has 0 radical (unpaired) electrons. The van der Waals surface area contributed by atoms with Crippen LogP contribution in [0.1, 0.15) is 42.7 Å². The van der Waals surface area contributed by atoms with Crippen LogP contribution in [0.15, 0.2) is 54.9 Å². The summed E-state index contributed by atoms with van der Waals surface area (Å²) in [6.45, 7) is 3.49. The molecule has 4 rings (SSSR count). The number of likely N-dealkylation sites (tertiary alicyclic amines) is 1. The van der Waals surface area contributed by atoms with Crippen LogP contribution < -0.4 is 0 Å². The Balaban J connectivity index is 1.58. The van der Waals surface area contributed by atoms with E-state index in [1.807, 2.05) is 18.5 Å². The molecule has 0 amide bonds. The molecule has 2 aliphatic rings. The first-order valence-corrected chi connectivity index (χ1v) is 8.52. The zero-order chi connectivity index (χ0) is 14.8. The van der Waals surface area contributed by atoms with Crippen LogP contribution >= 0.6 is 0 Å². The molecule has 1 aliphatic carbocycles. The van der Waals surface area contributed by atoms with Gasteiger partial charge in [0.1, 0.15) is 0 Å². The predicted molar refractivity (Wildman–Crippen MR) is 89.6 cm³/mol. The molecule has 1 saturated carbocycles. The van der Waals surface area contributed by atoms with Crippen LogP contribution in [0.2, 0.25) is 0 Å². The van der Waals surface area contributed by atoms with Crippen LogP contribution in [-0.2, 0) is 6.54 Å². The lowest BCUT2D eigenvalue weighted by molar-refractivity contribution is 0.247. The monoisotopic (exact) mass is 292 g/mol. The molecule has 1 aliphatic heterocycles. The minimum atomic E-state index is 0.517. The summed E-state index contributed by atoms with van der Waals surface area (Å²) in [7, 11) is 0. The lowest BCUT2D eigenvalue weighted by Crippen LogP contribution is -2.26. The minimum absolute atomic E-state index is 0.517. The fraction of sp³-hybridized carbons (Fsp3) is 0.450. The molecule has 0 N–H and O–H groups in total. The van der Waals surface area contributed by atoms with Crippen molar-refractivity contribution >= 4 is 0 Å². The number of nitrogens with zero attached hydrogens (tertiary/aromatic N) is 2. The molecular weight excluding hydrogens is 268 g/mol. The summed E-state index contributed by atoms with van der Waals surface area (Å²) in [6.07, 6.45) is 9.48. The molecule has 22 heavy (non-hydrogen) atoms. The van der Waals surface area contributed by atoms with E-state index in [-0.39, 0.29) is 0 Å². The van der Waals surface area contributed by atoms with Gasteiger partial charge in [-0.3, -0.25) is 9.88 Å². The van der Waals surface area contributed by atoms with E-state index in [0.29, 0.717) is 11.3 Å². The Morgan fingerprint density at radius 3 is 2.59 bits per heavy atom. The molecule has 1 aromatic carbocycles. The van der Waals surface area contributed by atoms with E-state index in [1.165, 1.54) is 49.9 Å². The zero-order valence-electron chi connectivity index (χ0n) is 13.1. The highest BCUT2D eigenvalue weighted by Gasteiger charge is 2.48. The smallest absolute Gasteiger partial charge is 0.0312 e. The third-order valence-electron chi connectivity index (χ3n) is 5.65. The highest BCUT2D eigenvalue weighted by Crippen LogP contribution is 2.53. The van der Waals surface area contributed by atoms with Crippen molar-refractivity contribution in [1.29, 1.82) is 0 Å². The summed E-state index contributed by atoms with van der Waals surface area (Å²) in [5, 5.41) is 0. The van der Waals surface area contributed by atoms with E-state index in [4.69, 9.17) is 0 Å². The average molecular weight is 292 g/mol. The average Bonchev–Trinajstić information content (AvgIpc) is 3.17. The van der Waals surface area contributed by atoms with Crippen LogP contribution in [0.25, 0.3) is 0 Å². The standard InChI is InChI=1S/C20H24N2/c1-2-8-18(9-3-1)19-15-22(14-17-7-6-12-21-13-17)16-20(19)10-4-5-11-20/h1-3,6-9,12-13,19H,4-5,10-11,14-16H2/t19-/m1/s1. The number of pyridine rings is 1. The van der Waals surface area contributed by atoms with Gasteiger partial charge in [-0.1, -0.05) is 49.2 Å². The van der Waals surface area contributed by atoms with Gasteiger partial charge in [0.25, 0.3) is 0 Å². The molecule has 1 aromatic heterocycles. The summed E-state index contributed by atoms with van der Waals surface area (Å²) in [5.41, 5.74) is 3.39. The fourth-order valence-corrected chi connectivity index (χ4v) is 4.67. The van der Waals surface area contributed by atoms with E-state index in [2.05, 4.69) is 46.3 Å². The topological polar surface area (TPSA) is 16.1 Å². The Morgan fingerprint density at radius 2 is 1.86 bits per heavy atom. The third kappa shape index (κ3) is 2.56. The van der Waals surface area contributed by atoms with Crippen LogP contribution in [0.4, 0.5) is 0 Å². The molecule has 1 atom stereocenters. The van der Waals surface area contributed by atoms with Gasteiger partial charge in [0, 0.05) is 37.9 Å². The van der Waals surface area contributed by atoms with E-state index in [0.717, 1.165) is 6.54 Å². The number of hydrogen-bond acceptors (Lipinski definition) is 2. The molecule has 2 fully saturated rings. The van der Waals surface area contributed by atoms with Gasteiger partial charge >= 0.3 is 0 Å². The lowest BCUT2D eigenvalue weighted by atomic mass is 9.73. The second-order valence-corrected chi connectivity index (χ2v) is 7.06. The number of rotatable bonds is 3. The highest BCUT2D eigenvalue weighted by molar-refractivity contribution is 5.26. The van der Waals surface area contributed by atoms with Crippen molar-refractivity contribution in [1.82, 2.24) is 9.88 Å². The number of aromatic nitrogens is 1. The first-order valence-electron chi connectivity index (χ1n) is 8.52. The quantitative estimate of drug-likeness (QED) is 0.841. The van der Waals surface area contributed by atoms with Crippen LogP contribution in [0, 0.1) is 5.41 Å². The normalized spacial score (nSPS) is 24.1. The summed E-state index contributed by atoms with van der Waals surface area (Å²) < 4.78 is 0. The van der Waals surface area contributed by atoms with Crippen molar-refractivity contribution in [3.8, 4) is 0 Å². The van der Waals surface area contributed by atoms with Gasteiger partial charge in [-0.05, 0) is 35.4 Å². The molecule has 2 nitrogen and oxygen atoms in total. The predicted octanol–water partition coefficient (Wildman–Crippen LogP) is 4.24. The van der Waals surface area contributed by atoms with Crippen LogP contribution in [0.5, 0.6) is 0 Å². The van der Waals surface area contributed by atoms with Crippen molar-refractivity contribution in [2.75, 3.05) is 13.1 Å². The maximum atomic E-state index is 4.27. The molecule has 1 saturated heterocycles. The molecule has 2 heteroatoms. The van der Waals surface area contributed by atoms with Gasteiger partial charge in [-0.2, -0.15) is 0 Å². The van der Waals surface area contributed by atoms with Crippen molar-refractivity contribution in [2.45, 2.75) is 38.1 Å². The van der Waals surface area contributed by atoms with Gasteiger partial charge in [-0.15, -0.1) is 0 Å². The third-order valence-corrected chi connectivity index (χ3v) is 5.65. The van der Waals surface area contributed by atoms with Gasteiger partial charge in [0.15, 0.2) is 0 Å². The maximum Gasteiger partial charge on any atom is 0.0312 e. The van der Waals surface area contributed by atoms with Crippen molar-refractivity contribution < 1.29 is 0 Å². The van der Waals surface area contributed by atoms with Crippen LogP contribution in [0.3, 0.4) is 0 Å². The molecule has 2 aromatic rings. The summed E-state index contributed by atoms with van der Waals surface area (Å²) >= 11 is 0. The summed E-state index contributed by atoms with van der Waals surface area (Å²) in [5.74, 6) is 0.702. The molecule has 2 heterocycles. The van der Waals surface area contributed by atoms with Crippen molar-refractivity contribution in [3.63, 3.8) is 0 Å². The molecule has 0 bridgehead atoms. The fourth-order valence-electron chi connectivity index (χ4n) is 4.67. The first kappa shape index (κ1) is 14.0. The number of hydrogen-bond donors (Lipinski definition) is 0. The Bertz CT molecular complexity index is 602. The molecular formula is C20H24N2. The summed E-state index contributed by atoms with van der Waals surface area (Å²) in [4.78, 5) is 6.92. The maximum absolute atomic E-state index is 4.27. The van der Waals surface area contributed by atoms with Gasteiger partial charge < -0.3 is 0 Å². The highest BCUT2D eigenvalue weighted by atomic mass is 15.2. The van der Waals surface area contributed by atoms with Gasteiger partial charge in [0.05, 0.1) is 0 Å². The van der Waals surface area contributed by atoms with Crippen molar-refractivity contribution in [2.24, 2.45) is 5.41 Å². The largest absolute Gasteiger partial charge is 0.298 e. The van der Waals surface area contributed by atoms with E-state index in [1.54, 1.807) is 0 Å². The van der Waals surface area contributed by atoms with E-state index < -0.39 is 0 Å². The Hall–Kier alpha value is -1.67.